The van der Waals surface area contributed by atoms with Gasteiger partial charge in [0.2, 0.25) is 5.88 Å². The van der Waals surface area contributed by atoms with Gasteiger partial charge in [-0.05, 0) is 45.0 Å². The molecule has 1 fully saturated rings. The molecular formula is C13H18N4O. The van der Waals surface area contributed by atoms with Crippen LogP contribution in [0.4, 0.5) is 0 Å². The van der Waals surface area contributed by atoms with Crippen LogP contribution in [0.5, 0.6) is 5.88 Å². The first-order chi connectivity index (χ1) is 8.83. The van der Waals surface area contributed by atoms with Crippen molar-refractivity contribution in [1.29, 1.82) is 0 Å². The van der Waals surface area contributed by atoms with Crippen LogP contribution in [0.1, 0.15) is 12.8 Å². The Labute approximate surface area is 106 Å². The van der Waals surface area contributed by atoms with E-state index in [1.165, 1.54) is 12.8 Å². The summed E-state index contributed by atoms with van der Waals surface area (Å²) >= 11 is 0. The maximum absolute atomic E-state index is 5.86. The number of aromatic nitrogens is 3. The van der Waals surface area contributed by atoms with E-state index >= 15 is 0 Å². The van der Waals surface area contributed by atoms with E-state index in [9.17, 15) is 0 Å². The number of fused-ring (bicyclic) bond motifs is 1. The molecule has 2 aromatic heterocycles. The second kappa shape index (κ2) is 4.94. The molecule has 1 saturated heterocycles. The fourth-order valence-corrected chi connectivity index (χ4v) is 2.39. The van der Waals surface area contributed by atoms with Gasteiger partial charge in [-0.25, -0.2) is 9.97 Å². The van der Waals surface area contributed by atoms with Crippen molar-refractivity contribution in [3.63, 3.8) is 0 Å². The molecule has 3 rings (SSSR count). The van der Waals surface area contributed by atoms with Gasteiger partial charge in [-0.2, -0.15) is 0 Å². The molecule has 18 heavy (non-hydrogen) atoms. The molecule has 96 valence electrons. The maximum atomic E-state index is 5.86. The molecule has 0 aliphatic carbocycles. The number of hydrogen-bond donors (Lipinski definition) is 1. The molecule has 0 amide bonds. The van der Waals surface area contributed by atoms with Crippen LogP contribution in [0.25, 0.3) is 11.0 Å². The predicted molar refractivity (Wildman–Crippen MR) is 69.6 cm³/mol. The van der Waals surface area contributed by atoms with Crippen molar-refractivity contribution in [1.82, 2.24) is 19.9 Å². The minimum Gasteiger partial charge on any atom is -0.477 e. The molecule has 1 N–H and O–H groups in total. The summed E-state index contributed by atoms with van der Waals surface area (Å²) in [6, 6.07) is 1.96. The summed E-state index contributed by atoms with van der Waals surface area (Å²) in [7, 11) is 2.17. The van der Waals surface area contributed by atoms with Crippen LogP contribution in [0.3, 0.4) is 0 Å². The predicted octanol–water partition coefficient (Wildman–Crippen LogP) is 1.68. The van der Waals surface area contributed by atoms with Crippen LogP contribution in [0.15, 0.2) is 18.6 Å². The third kappa shape index (κ3) is 2.31. The highest BCUT2D eigenvalue weighted by Crippen LogP contribution is 2.22. The first kappa shape index (κ1) is 11.5. The minimum absolute atomic E-state index is 0.644. The smallest absolute Gasteiger partial charge is 0.226 e. The van der Waals surface area contributed by atoms with Crippen molar-refractivity contribution in [3.05, 3.63) is 18.6 Å². The standard InChI is InChI=1S/C13H18N4O/c1-17-6-3-10(4-7-17)8-18-13-11-2-5-14-12(11)15-9-16-13/h2,5,9-10H,3-4,6-8H2,1H3,(H,14,15,16). The second-order valence-corrected chi connectivity index (χ2v) is 4.98. The Balaban J connectivity index is 1.64. The fraction of sp³-hybridized carbons (Fsp3) is 0.538. The van der Waals surface area contributed by atoms with Gasteiger partial charge in [-0.3, -0.25) is 0 Å². The van der Waals surface area contributed by atoms with Crippen molar-refractivity contribution in [2.75, 3.05) is 26.7 Å². The highest BCUT2D eigenvalue weighted by atomic mass is 16.5. The Hall–Kier alpha value is -1.62. The minimum atomic E-state index is 0.644. The second-order valence-electron chi connectivity index (χ2n) is 4.98. The largest absolute Gasteiger partial charge is 0.477 e. The molecular weight excluding hydrogens is 228 g/mol. The van der Waals surface area contributed by atoms with E-state index in [1.807, 2.05) is 12.3 Å². The Morgan fingerprint density at radius 1 is 1.39 bits per heavy atom. The van der Waals surface area contributed by atoms with Gasteiger partial charge in [-0.15, -0.1) is 0 Å². The van der Waals surface area contributed by atoms with E-state index < -0.39 is 0 Å². The van der Waals surface area contributed by atoms with Gasteiger partial charge in [-0.1, -0.05) is 0 Å². The van der Waals surface area contributed by atoms with E-state index in [0.29, 0.717) is 11.8 Å². The van der Waals surface area contributed by atoms with Gasteiger partial charge in [0.05, 0.1) is 12.0 Å². The zero-order chi connectivity index (χ0) is 12.4. The highest BCUT2D eigenvalue weighted by molar-refractivity contribution is 5.80. The number of hydrogen-bond acceptors (Lipinski definition) is 4. The lowest BCUT2D eigenvalue weighted by molar-refractivity contribution is 0.158. The third-order valence-corrected chi connectivity index (χ3v) is 3.61. The summed E-state index contributed by atoms with van der Waals surface area (Å²) < 4.78 is 5.86. The molecule has 3 heterocycles. The average Bonchev–Trinajstić information content (AvgIpc) is 2.87. The lowest BCUT2D eigenvalue weighted by Crippen LogP contribution is -2.32. The molecule has 0 unspecified atom stereocenters. The quantitative estimate of drug-likeness (QED) is 0.895. The van der Waals surface area contributed by atoms with Crippen LogP contribution in [0, 0.1) is 5.92 Å². The average molecular weight is 246 g/mol. The monoisotopic (exact) mass is 246 g/mol. The van der Waals surface area contributed by atoms with E-state index in [1.54, 1.807) is 6.33 Å². The molecule has 0 atom stereocenters. The van der Waals surface area contributed by atoms with Gasteiger partial charge in [0.1, 0.15) is 12.0 Å². The Morgan fingerprint density at radius 2 is 2.22 bits per heavy atom. The molecule has 0 spiro atoms. The van der Waals surface area contributed by atoms with Crippen molar-refractivity contribution in [3.8, 4) is 5.88 Å². The van der Waals surface area contributed by atoms with E-state index in [0.717, 1.165) is 30.7 Å². The van der Waals surface area contributed by atoms with Gasteiger partial charge in [0.15, 0.2) is 0 Å². The number of piperidine rings is 1. The molecule has 1 aliphatic rings. The molecule has 0 saturated carbocycles. The van der Waals surface area contributed by atoms with Crippen molar-refractivity contribution in [2.45, 2.75) is 12.8 Å². The number of ether oxygens (including phenoxy) is 1. The Kier molecular flexibility index (Phi) is 3.15. The normalized spacial score (nSPS) is 18.3. The summed E-state index contributed by atoms with van der Waals surface area (Å²) in [4.78, 5) is 13.8. The first-order valence-corrected chi connectivity index (χ1v) is 6.42. The number of H-pyrrole nitrogens is 1. The summed E-state index contributed by atoms with van der Waals surface area (Å²) in [5, 5.41) is 0.963. The highest BCUT2D eigenvalue weighted by Gasteiger charge is 2.17. The molecule has 0 aromatic carbocycles. The van der Waals surface area contributed by atoms with Crippen LogP contribution in [-0.2, 0) is 0 Å². The summed E-state index contributed by atoms with van der Waals surface area (Å²) in [6.45, 7) is 3.08. The molecule has 5 heteroatoms. The molecule has 2 aromatic rings. The van der Waals surface area contributed by atoms with Crippen molar-refractivity contribution < 1.29 is 4.74 Å². The maximum Gasteiger partial charge on any atom is 0.226 e. The number of rotatable bonds is 3. The lowest BCUT2D eigenvalue weighted by atomic mass is 9.98. The van der Waals surface area contributed by atoms with Crippen LogP contribution >= 0.6 is 0 Å². The summed E-state index contributed by atoms with van der Waals surface area (Å²) in [5.41, 5.74) is 0.836. The molecule has 0 radical (unpaired) electrons. The Bertz CT molecular complexity index is 516. The van der Waals surface area contributed by atoms with E-state index in [-0.39, 0.29) is 0 Å². The van der Waals surface area contributed by atoms with Gasteiger partial charge >= 0.3 is 0 Å². The first-order valence-electron chi connectivity index (χ1n) is 6.42. The van der Waals surface area contributed by atoms with Crippen LogP contribution in [0.2, 0.25) is 0 Å². The number of likely N-dealkylation sites (tertiary alicyclic amines) is 1. The molecule has 0 bridgehead atoms. The fourth-order valence-electron chi connectivity index (χ4n) is 2.39. The van der Waals surface area contributed by atoms with E-state index in [2.05, 4.69) is 26.9 Å². The summed E-state index contributed by atoms with van der Waals surface area (Å²) in [5.74, 6) is 1.34. The molecule has 5 nitrogen and oxygen atoms in total. The molecule has 1 aliphatic heterocycles. The topological polar surface area (TPSA) is 54.0 Å². The van der Waals surface area contributed by atoms with Gasteiger partial charge in [0, 0.05) is 6.20 Å². The third-order valence-electron chi connectivity index (χ3n) is 3.61. The van der Waals surface area contributed by atoms with Gasteiger partial charge in [0.25, 0.3) is 0 Å². The summed E-state index contributed by atoms with van der Waals surface area (Å²) in [6.07, 6.45) is 5.82. The number of nitrogens with zero attached hydrogens (tertiary/aromatic N) is 3. The zero-order valence-electron chi connectivity index (χ0n) is 10.6. The lowest BCUT2D eigenvalue weighted by Gasteiger charge is -2.28. The van der Waals surface area contributed by atoms with Crippen molar-refractivity contribution in [2.24, 2.45) is 5.92 Å². The van der Waals surface area contributed by atoms with Crippen molar-refractivity contribution >= 4 is 11.0 Å². The number of nitrogens with one attached hydrogen (secondary N) is 1. The van der Waals surface area contributed by atoms with Crippen LogP contribution in [-0.4, -0.2) is 46.6 Å². The van der Waals surface area contributed by atoms with E-state index in [4.69, 9.17) is 4.74 Å². The number of aromatic amines is 1. The zero-order valence-corrected chi connectivity index (χ0v) is 10.6. The van der Waals surface area contributed by atoms with Gasteiger partial charge < -0.3 is 14.6 Å². The van der Waals surface area contributed by atoms with Crippen LogP contribution < -0.4 is 4.74 Å². The SMILES string of the molecule is CN1CCC(COc2ncnc3[nH]ccc23)CC1. The Morgan fingerprint density at radius 3 is 3.06 bits per heavy atom.